The Bertz CT molecular complexity index is 1100. The Labute approximate surface area is 185 Å². The van der Waals surface area contributed by atoms with Crippen molar-refractivity contribution in [3.63, 3.8) is 0 Å². The summed E-state index contributed by atoms with van der Waals surface area (Å²) in [5, 5.41) is 10.7. The number of aliphatic hydroxyl groups is 1. The molecule has 0 amide bonds. The first kappa shape index (κ1) is 21.4. The van der Waals surface area contributed by atoms with Crippen LogP contribution >= 0.6 is 0 Å². The monoisotopic (exact) mass is 428 g/mol. The number of aliphatic hydroxyl groups excluding tert-OH is 1. The largest absolute Gasteiger partial charge is 0.389 e. The molecule has 3 aromatic carbocycles. The van der Waals surface area contributed by atoms with Crippen LogP contribution in [0.1, 0.15) is 16.7 Å². The highest BCUT2D eigenvalue weighted by atomic mass is 16.5. The average molecular weight is 428 g/mol. The normalized spacial score (nSPS) is 12.4. The zero-order valence-corrected chi connectivity index (χ0v) is 17.4. The SMILES string of the molecule is Nc1ncn(CC(O)COC(c2ccccc2)(c2ccccc2)c2ccccc2)c(=O)n1. The minimum atomic E-state index is -0.976. The molecule has 32 heavy (non-hydrogen) atoms. The molecule has 7 nitrogen and oxygen atoms in total. The van der Waals surface area contributed by atoms with E-state index in [4.69, 9.17) is 10.5 Å². The van der Waals surface area contributed by atoms with E-state index in [0.717, 1.165) is 16.7 Å². The Morgan fingerprint density at radius 2 is 1.34 bits per heavy atom. The lowest BCUT2D eigenvalue weighted by Gasteiger charge is -2.36. The molecule has 0 aliphatic rings. The van der Waals surface area contributed by atoms with E-state index in [1.54, 1.807) is 0 Å². The van der Waals surface area contributed by atoms with Crippen LogP contribution < -0.4 is 11.4 Å². The Morgan fingerprint density at radius 1 is 0.875 bits per heavy atom. The first-order chi connectivity index (χ1) is 15.6. The van der Waals surface area contributed by atoms with Crippen molar-refractivity contribution in [2.45, 2.75) is 18.2 Å². The maximum absolute atomic E-state index is 12.0. The number of nitrogens with zero attached hydrogens (tertiary/aromatic N) is 3. The molecule has 0 radical (unpaired) electrons. The second-order valence-corrected chi connectivity index (χ2v) is 7.39. The zero-order chi connectivity index (χ0) is 22.4. The van der Waals surface area contributed by atoms with Crippen LogP contribution in [-0.4, -0.2) is 32.4 Å². The lowest BCUT2D eigenvalue weighted by atomic mass is 9.80. The van der Waals surface area contributed by atoms with Crippen LogP contribution in [0.25, 0.3) is 0 Å². The number of anilines is 1. The van der Waals surface area contributed by atoms with Crippen molar-refractivity contribution in [1.82, 2.24) is 14.5 Å². The van der Waals surface area contributed by atoms with Gasteiger partial charge >= 0.3 is 5.69 Å². The number of rotatable bonds is 8. The molecular weight excluding hydrogens is 404 g/mol. The number of ether oxygens (including phenoxy) is 1. The van der Waals surface area contributed by atoms with Gasteiger partial charge in [0.15, 0.2) is 0 Å². The summed E-state index contributed by atoms with van der Waals surface area (Å²) in [6.07, 6.45) is 0.294. The summed E-state index contributed by atoms with van der Waals surface area (Å²) in [5.41, 5.74) is 6.71. The van der Waals surface area contributed by atoms with Gasteiger partial charge in [-0.2, -0.15) is 4.98 Å². The van der Waals surface area contributed by atoms with Crippen LogP contribution in [0.2, 0.25) is 0 Å². The molecule has 0 saturated heterocycles. The highest BCUT2D eigenvalue weighted by Gasteiger charge is 2.38. The summed E-state index contributed by atoms with van der Waals surface area (Å²) in [6, 6.07) is 29.6. The summed E-state index contributed by atoms with van der Waals surface area (Å²) in [4.78, 5) is 19.4. The third-order valence-electron chi connectivity index (χ3n) is 5.23. The topological polar surface area (TPSA) is 103 Å². The number of hydrogen-bond donors (Lipinski definition) is 2. The predicted molar refractivity (Wildman–Crippen MR) is 122 cm³/mol. The van der Waals surface area contributed by atoms with Gasteiger partial charge < -0.3 is 15.6 Å². The van der Waals surface area contributed by atoms with Crippen molar-refractivity contribution in [2.75, 3.05) is 12.3 Å². The fourth-order valence-electron chi connectivity index (χ4n) is 3.76. The van der Waals surface area contributed by atoms with Crippen molar-refractivity contribution in [2.24, 2.45) is 0 Å². The molecule has 3 N–H and O–H groups in total. The summed E-state index contributed by atoms with van der Waals surface area (Å²) in [6.45, 7) is -0.0525. The third kappa shape index (κ3) is 4.44. The maximum atomic E-state index is 12.0. The van der Waals surface area contributed by atoms with Gasteiger partial charge in [-0.3, -0.25) is 4.57 Å². The molecule has 0 spiro atoms. The number of hydrogen-bond acceptors (Lipinski definition) is 6. The average Bonchev–Trinajstić information content (AvgIpc) is 2.83. The molecular formula is C25H24N4O3. The minimum Gasteiger partial charge on any atom is -0.389 e. The summed E-state index contributed by atoms with van der Waals surface area (Å²) >= 11 is 0. The van der Waals surface area contributed by atoms with Crippen molar-refractivity contribution in [1.29, 1.82) is 0 Å². The van der Waals surface area contributed by atoms with Crippen molar-refractivity contribution < 1.29 is 9.84 Å². The Kier molecular flexibility index (Phi) is 6.39. The van der Waals surface area contributed by atoms with Crippen molar-refractivity contribution in [3.8, 4) is 0 Å². The Balaban J connectivity index is 1.72. The molecule has 0 saturated carbocycles. The first-order valence-corrected chi connectivity index (χ1v) is 10.3. The van der Waals surface area contributed by atoms with E-state index in [9.17, 15) is 9.90 Å². The highest BCUT2D eigenvalue weighted by molar-refractivity contribution is 5.47. The van der Waals surface area contributed by atoms with Crippen LogP contribution in [-0.2, 0) is 16.9 Å². The highest BCUT2D eigenvalue weighted by Crippen LogP contribution is 2.40. The molecule has 7 heteroatoms. The molecule has 4 aromatic rings. The van der Waals surface area contributed by atoms with Crippen LogP contribution in [0.3, 0.4) is 0 Å². The summed E-state index contributed by atoms with van der Waals surface area (Å²) < 4.78 is 7.76. The fraction of sp³-hybridized carbons (Fsp3) is 0.160. The van der Waals surface area contributed by atoms with Gasteiger partial charge in [-0.25, -0.2) is 9.78 Å². The van der Waals surface area contributed by atoms with Crippen LogP contribution in [0.15, 0.2) is 102 Å². The fourth-order valence-corrected chi connectivity index (χ4v) is 3.76. The lowest BCUT2D eigenvalue weighted by Crippen LogP contribution is -2.38. The second kappa shape index (κ2) is 9.55. The van der Waals surface area contributed by atoms with Crippen molar-refractivity contribution in [3.05, 3.63) is 124 Å². The van der Waals surface area contributed by atoms with E-state index in [0.29, 0.717) is 0 Å². The molecule has 4 rings (SSSR count). The molecule has 0 aliphatic carbocycles. The molecule has 0 aliphatic heterocycles. The van der Waals surface area contributed by atoms with Crippen LogP contribution in [0, 0.1) is 0 Å². The van der Waals surface area contributed by atoms with Gasteiger partial charge in [0, 0.05) is 0 Å². The molecule has 0 fully saturated rings. The quantitative estimate of drug-likeness (QED) is 0.418. The summed E-state index contributed by atoms with van der Waals surface area (Å²) in [7, 11) is 0. The van der Waals surface area contributed by atoms with E-state index >= 15 is 0 Å². The van der Waals surface area contributed by atoms with Gasteiger partial charge in [0.25, 0.3) is 0 Å². The molecule has 0 bridgehead atoms. The minimum absolute atomic E-state index is 0.0203. The van der Waals surface area contributed by atoms with Crippen LogP contribution in [0.5, 0.6) is 0 Å². The second-order valence-electron chi connectivity index (χ2n) is 7.39. The molecule has 162 valence electrons. The van der Waals surface area contributed by atoms with E-state index < -0.39 is 17.4 Å². The van der Waals surface area contributed by atoms with Gasteiger partial charge in [0.2, 0.25) is 5.95 Å². The number of aromatic nitrogens is 3. The van der Waals surface area contributed by atoms with E-state index in [2.05, 4.69) is 9.97 Å². The zero-order valence-electron chi connectivity index (χ0n) is 17.4. The van der Waals surface area contributed by atoms with Gasteiger partial charge in [-0.1, -0.05) is 91.0 Å². The Morgan fingerprint density at radius 3 is 1.78 bits per heavy atom. The van der Waals surface area contributed by atoms with E-state index in [1.165, 1.54) is 10.9 Å². The van der Waals surface area contributed by atoms with E-state index in [-0.39, 0.29) is 19.1 Å². The van der Waals surface area contributed by atoms with Crippen LogP contribution in [0.4, 0.5) is 5.95 Å². The third-order valence-corrected chi connectivity index (χ3v) is 5.23. The number of nitrogens with two attached hydrogens (primary N) is 1. The van der Waals surface area contributed by atoms with Gasteiger partial charge in [0.1, 0.15) is 11.9 Å². The van der Waals surface area contributed by atoms with Gasteiger partial charge in [-0.15, -0.1) is 0 Å². The van der Waals surface area contributed by atoms with Gasteiger partial charge in [0.05, 0.1) is 19.3 Å². The van der Waals surface area contributed by atoms with Gasteiger partial charge in [-0.05, 0) is 16.7 Å². The van der Waals surface area contributed by atoms with E-state index in [1.807, 2.05) is 91.0 Å². The molecule has 1 aromatic heterocycles. The lowest BCUT2D eigenvalue weighted by molar-refractivity contribution is -0.0427. The molecule has 1 unspecified atom stereocenters. The standard InChI is InChI=1S/C25H24N4O3/c26-23-27-18-29(24(31)28-23)16-22(30)17-32-25(19-10-4-1-5-11-19,20-12-6-2-7-13-20)21-14-8-3-9-15-21/h1-15,18,22,30H,16-17H2,(H2,26,28,31). The smallest absolute Gasteiger partial charge is 0.352 e. The van der Waals surface area contributed by atoms with Crippen molar-refractivity contribution >= 4 is 5.95 Å². The molecule has 1 heterocycles. The number of nitrogen functional groups attached to an aromatic ring is 1. The number of benzene rings is 3. The maximum Gasteiger partial charge on any atom is 0.352 e. The Hall–Kier alpha value is -3.81. The molecule has 1 atom stereocenters. The predicted octanol–water partition coefficient (Wildman–Crippen LogP) is 2.59. The first-order valence-electron chi connectivity index (χ1n) is 10.3. The summed E-state index contributed by atoms with van der Waals surface area (Å²) in [5.74, 6) is -0.103.